The summed E-state index contributed by atoms with van der Waals surface area (Å²) in [6.45, 7) is -2.63. The van der Waals surface area contributed by atoms with Crippen LogP contribution in [-0.2, 0) is 9.59 Å². The van der Waals surface area contributed by atoms with E-state index in [9.17, 15) is 35.9 Å². The average Bonchev–Trinajstić information content (AvgIpc) is 2.00. The Labute approximate surface area is 92.8 Å². The standard InChI is InChI=1S/C5H2F6O2.Bi.3H/c6-1-4(7,8)2(12)3(13)5(9,10)11;;;;/h1H2;;;;. The van der Waals surface area contributed by atoms with Gasteiger partial charge in [0, 0.05) is 0 Å². The molecule has 0 N–H and O–H groups in total. The van der Waals surface area contributed by atoms with Crippen molar-refractivity contribution in [3.05, 3.63) is 0 Å². The zero-order chi connectivity index (χ0) is 10.9. The Morgan fingerprint density at radius 1 is 0.929 bits per heavy atom. The number of carbonyl (C=O) groups excluding carboxylic acids is 2. The molecule has 0 aliphatic rings. The summed E-state index contributed by atoms with van der Waals surface area (Å²) in [4.78, 5) is 19.8. The van der Waals surface area contributed by atoms with Crippen LogP contribution in [0.4, 0.5) is 26.3 Å². The predicted octanol–water partition coefficient (Wildman–Crippen LogP) is 0.108. The average molecular weight is 420 g/mol. The van der Waals surface area contributed by atoms with Gasteiger partial charge >= 0.3 is 44.1 Å². The zero-order valence-corrected chi connectivity index (χ0v) is 12.0. The summed E-state index contributed by atoms with van der Waals surface area (Å²) >= 11 is 0. The molecule has 0 saturated carbocycles. The van der Waals surface area contributed by atoms with E-state index in [1.807, 2.05) is 0 Å². The van der Waals surface area contributed by atoms with Crippen molar-refractivity contribution in [1.82, 2.24) is 0 Å². The third kappa shape index (κ3) is 3.90. The van der Waals surface area contributed by atoms with E-state index in [-0.39, 0.29) is 26.2 Å². The minimum absolute atomic E-state index is 0. The molecule has 0 bridgehead atoms. The second-order valence-corrected chi connectivity index (χ2v) is 1.99. The Morgan fingerprint density at radius 3 is 1.50 bits per heavy atom. The SMILES string of the molecule is O=C(C(=O)C(F)(F)CF)C(F)(F)F.[BiH3]. The molecule has 0 rings (SSSR count). The van der Waals surface area contributed by atoms with E-state index >= 15 is 0 Å². The molecular weight excluding hydrogens is 415 g/mol. The number of Topliss-reactive ketones (excluding diaryl/α,β-unsaturated/α-hetero) is 2. The first-order valence-electron chi connectivity index (χ1n) is 2.72. The Morgan fingerprint density at radius 2 is 1.29 bits per heavy atom. The molecule has 0 saturated heterocycles. The van der Waals surface area contributed by atoms with Crippen molar-refractivity contribution in [3.63, 3.8) is 0 Å². The van der Waals surface area contributed by atoms with Crippen molar-refractivity contribution >= 4 is 37.8 Å². The monoisotopic (exact) mass is 420 g/mol. The van der Waals surface area contributed by atoms with Crippen LogP contribution in [0.15, 0.2) is 0 Å². The normalized spacial score (nSPS) is 11.9. The first-order valence-corrected chi connectivity index (χ1v) is 2.72. The Bertz CT molecular complexity index is 235. The van der Waals surface area contributed by atoms with Gasteiger partial charge < -0.3 is 0 Å². The molecule has 2 nitrogen and oxygen atoms in total. The van der Waals surface area contributed by atoms with E-state index in [2.05, 4.69) is 0 Å². The van der Waals surface area contributed by atoms with Gasteiger partial charge in [-0.1, -0.05) is 0 Å². The number of hydrogen-bond donors (Lipinski definition) is 0. The van der Waals surface area contributed by atoms with Crippen LogP contribution in [0.5, 0.6) is 0 Å². The molecule has 0 aromatic heterocycles. The van der Waals surface area contributed by atoms with Gasteiger partial charge in [-0.3, -0.25) is 9.59 Å². The van der Waals surface area contributed by atoms with Crippen LogP contribution in [0.25, 0.3) is 0 Å². The summed E-state index contributed by atoms with van der Waals surface area (Å²) in [5, 5.41) is 0. The Kier molecular flexibility index (Phi) is 5.85. The van der Waals surface area contributed by atoms with E-state index in [0.29, 0.717) is 0 Å². The molecule has 14 heavy (non-hydrogen) atoms. The van der Waals surface area contributed by atoms with Gasteiger partial charge in [-0.2, -0.15) is 22.0 Å². The van der Waals surface area contributed by atoms with Crippen LogP contribution < -0.4 is 0 Å². The maximum absolute atomic E-state index is 11.9. The fraction of sp³-hybridized carbons (Fsp3) is 0.600. The molecule has 0 unspecified atom stereocenters. The second kappa shape index (κ2) is 5.04. The fourth-order valence-corrected chi connectivity index (χ4v) is 0.356. The molecule has 0 aromatic rings. The molecule has 84 valence electrons. The second-order valence-electron chi connectivity index (χ2n) is 1.99. The molecule has 0 aliphatic carbocycles. The van der Waals surface area contributed by atoms with E-state index in [0.717, 1.165) is 0 Å². The predicted molar refractivity (Wildman–Crippen MR) is 36.9 cm³/mol. The van der Waals surface area contributed by atoms with Gasteiger partial charge in [0.25, 0.3) is 5.78 Å². The first kappa shape index (κ1) is 16.2. The van der Waals surface area contributed by atoms with Crippen molar-refractivity contribution in [1.29, 1.82) is 0 Å². The van der Waals surface area contributed by atoms with E-state index in [1.165, 1.54) is 0 Å². The molecule has 0 spiro atoms. The van der Waals surface area contributed by atoms with Crippen LogP contribution in [-0.4, -0.2) is 56.5 Å². The number of hydrogen-bond acceptors (Lipinski definition) is 2. The molecule has 0 atom stereocenters. The van der Waals surface area contributed by atoms with Gasteiger partial charge in [-0.25, -0.2) is 4.39 Å². The van der Waals surface area contributed by atoms with Crippen LogP contribution >= 0.6 is 0 Å². The molecule has 0 amide bonds. The van der Waals surface area contributed by atoms with Crippen LogP contribution in [0.2, 0.25) is 0 Å². The number of carbonyl (C=O) groups is 2. The van der Waals surface area contributed by atoms with E-state index in [4.69, 9.17) is 0 Å². The van der Waals surface area contributed by atoms with Gasteiger partial charge in [0.15, 0.2) is 6.67 Å². The Balaban J connectivity index is 0. The van der Waals surface area contributed by atoms with Crippen molar-refractivity contribution in [2.75, 3.05) is 6.67 Å². The third-order valence-electron chi connectivity index (χ3n) is 0.964. The molecule has 0 aromatic carbocycles. The molecule has 0 radical (unpaired) electrons. The van der Waals surface area contributed by atoms with Crippen molar-refractivity contribution in [2.45, 2.75) is 12.1 Å². The topological polar surface area (TPSA) is 34.1 Å². The van der Waals surface area contributed by atoms with Gasteiger partial charge in [0.1, 0.15) is 0 Å². The minimum atomic E-state index is -5.70. The van der Waals surface area contributed by atoms with Gasteiger partial charge in [0.05, 0.1) is 0 Å². The fourth-order valence-electron chi connectivity index (χ4n) is 0.356. The number of alkyl halides is 6. The molecule has 0 aliphatic heterocycles. The van der Waals surface area contributed by atoms with Gasteiger partial charge in [0.2, 0.25) is 0 Å². The summed E-state index contributed by atoms with van der Waals surface area (Å²) in [6, 6.07) is 0. The van der Waals surface area contributed by atoms with Crippen molar-refractivity contribution in [3.8, 4) is 0 Å². The van der Waals surface area contributed by atoms with Gasteiger partial charge in [-0.15, -0.1) is 0 Å². The number of halogens is 6. The van der Waals surface area contributed by atoms with E-state index in [1.54, 1.807) is 0 Å². The quantitative estimate of drug-likeness (QED) is 0.369. The van der Waals surface area contributed by atoms with Crippen LogP contribution in [0.3, 0.4) is 0 Å². The van der Waals surface area contributed by atoms with Crippen LogP contribution in [0, 0.1) is 0 Å². The molecule has 0 heterocycles. The van der Waals surface area contributed by atoms with Crippen LogP contribution in [0.1, 0.15) is 0 Å². The maximum atomic E-state index is 11.9. The van der Waals surface area contributed by atoms with Gasteiger partial charge in [-0.05, 0) is 0 Å². The first-order chi connectivity index (χ1) is 5.63. The summed E-state index contributed by atoms with van der Waals surface area (Å²) in [6.07, 6.45) is -5.70. The number of ketones is 2. The zero-order valence-electron chi connectivity index (χ0n) is 6.50. The summed E-state index contributed by atoms with van der Waals surface area (Å²) in [5.74, 6) is -11.2. The number of rotatable bonds is 3. The van der Waals surface area contributed by atoms with Crippen molar-refractivity contribution < 1.29 is 35.9 Å². The van der Waals surface area contributed by atoms with E-state index < -0.39 is 30.3 Å². The summed E-state index contributed by atoms with van der Waals surface area (Å²) < 4.78 is 69.1. The molecule has 0 fully saturated rings. The Hall–Kier alpha value is -0.197. The summed E-state index contributed by atoms with van der Waals surface area (Å²) in [5.41, 5.74) is 0. The summed E-state index contributed by atoms with van der Waals surface area (Å²) in [7, 11) is 0. The molecular formula is C5H5BiF6O2. The third-order valence-corrected chi connectivity index (χ3v) is 0.964. The van der Waals surface area contributed by atoms with Crippen molar-refractivity contribution in [2.24, 2.45) is 0 Å². The molecule has 9 heteroatoms.